The Morgan fingerprint density at radius 1 is 1.21 bits per heavy atom. The van der Waals surface area contributed by atoms with Crippen LogP contribution in [0.2, 0.25) is 5.02 Å². The molecule has 10 heteroatoms. The minimum absolute atomic E-state index is 0.00660. The smallest absolute Gasteiger partial charge is 0.238 e. The number of hydrogen-bond acceptors (Lipinski definition) is 6. The maximum atomic E-state index is 13.3. The molecule has 1 aliphatic rings. The molecule has 1 aliphatic heterocycles. The van der Waals surface area contributed by atoms with E-state index in [0.717, 1.165) is 27.4 Å². The first kappa shape index (κ1) is 24.5. The van der Waals surface area contributed by atoms with Crippen molar-refractivity contribution in [3.05, 3.63) is 85.3 Å². The quantitative estimate of drug-likeness (QED) is 0.510. The molecule has 2 heterocycles. The molecule has 0 amide bonds. The number of thiophene rings is 1. The highest BCUT2D eigenvalue weighted by Gasteiger charge is 2.25. The highest BCUT2D eigenvalue weighted by molar-refractivity contribution is 7.89. The molecular weight excluding hydrogens is 497 g/mol. The lowest BCUT2D eigenvalue weighted by Crippen LogP contribution is -2.29. The Balaban J connectivity index is 1.45. The third-order valence-electron chi connectivity index (χ3n) is 5.74. The Morgan fingerprint density at radius 2 is 1.94 bits per heavy atom. The van der Waals surface area contributed by atoms with Gasteiger partial charge < -0.3 is 0 Å². The fourth-order valence-electron chi connectivity index (χ4n) is 4.06. The lowest BCUT2D eigenvalue weighted by molar-refractivity contribution is -0.117. The molecule has 6 nitrogen and oxygen atoms in total. The SMILES string of the molecule is N#Cc1c(CC(=O)Cc2ccc(S(N)(=O)=O)cc2)sc2c1CCN(Cc1ccc(F)cc1Cl)C2. The van der Waals surface area contributed by atoms with Crippen LogP contribution in [0.1, 0.15) is 32.0 Å². The third kappa shape index (κ3) is 5.54. The van der Waals surface area contributed by atoms with Gasteiger partial charge >= 0.3 is 0 Å². The molecule has 4 rings (SSSR count). The van der Waals surface area contributed by atoms with Gasteiger partial charge in [-0.1, -0.05) is 29.8 Å². The molecule has 0 saturated heterocycles. The molecule has 0 atom stereocenters. The minimum Gasteiger partial charge on any atom is -0.299 e. The van der Waals surface area contributed by atoms with Crippen LogP contribution in [0.4, 0.5) is 4.39 Å². The zero-order valence-corrected chi connectivity index (χ0v) is 20.4. The summed E-state index contributed by atoms with van der Waals surface area (Å²) in [7, 11) is -3.78. The molecule has 3 aromatic rings. The monoisotopic (exact) mass is 517 g/mol. The number of fused-ring (bicyclic) bond motifs is 1. The maximum Gasteiger partial charge on any atom is 0.238 e. The van der Waals surface area contributed by atoms with Crippen LogP contribution >= 0.6 is 22.9 Å². The molecule has 176 valence electrons. The van der Waals surface area contributed by atoms with Crippen molar-refractivity contribution in [2.45, 2.75) is 37.2 Å². The summed E-state index contributed by atoms with van der Waals surface area (Å²) in [5, 5.41) is 15.2. The van der Waals surface area contributed by atoms with Crippen molar-refractivity contribution in [3.63, 3.8) is 0 Å². The second kappa shape index (κ2) is 9.94. The number of hydrogen-bond donors (Lipinski definition) is 1. The van der Waals surface area contributed by atoms with Crippen molar-refractivity contribution in [1.82, 2.24) is 4.90 Å². The lowest BCUT2D eigenvalue weighted by atomic mass is 9.99. The van der Waals surface area contributed by atoms with Crippen molar-refractivity contribution in [3.8, 4) is 6.07 Å². The average molecular weight is 518 g/mol. The van der Waals surface area contributed by atoms with E-state index in [1.165, 1.54) is 35.6 Å². The van der Waals surface area contributed by atoms with Gasteiger partial charge in [0.25, 0.3) is 0 Å². The molecule has 0 radical (unpaired) electrons. The normalized spacial score (nSPS) is 13.9. The van der Waals surface area contributed by atoms with Gasteiger partial charge in [-0.05, 0) is 47.4 Å². The molecule has 0 saturated carbocycles. The molecule has 0 fully saturated rings. The average Bonchev–Trinajstić information content (AvgIpc) is 3.11. The number of carbonyl (C=O) groups excluding carboxylic acids is 1. The van der Waals surface area contributed by atoms with Crippen LogP contribution in [0.25, 0.3) is 0 Å². The number of ketones is 1. The topological polar surface area (TPSA) is 104 Å². The molecule has 2 aromatic carbocycles. The Bertz CT molecular complexity index is 1400. The Kier molecular flexibility index (Phi) is 7.17. The number of Topliss-reactive ketones (excluding diaryl/α,β-unsaturated/α-hetero) is 1. The highest BCUT2D eigenvalue weighted by atomic mass is 35.5. The van der Waals surface area contributed by atoms with E-state index in [-0.39, 0.29) is 29.3 Å². The van der Waals surface area contributed by atoms with Crippen molar-refractivity contribution in [2.24, 2.45) is 5.14 Å². The van der Waals surface area contributed by atoms with Crippen molar-refractivity contribution < 1.29 is 17.6 Å². The predicted octanol–water partition coefficient (Wildman–Crippen LogP) is 3.97. The van der Waals surface area contributed by atoms with E-state index in [1.54, 1.807) is 18.2 Å². The van der Waals surface area contributed by atoms with Gasteiger partial charge in [-0.3, -0.25) is 9.69 Å². The zero-order chi connectivity index (χ0) is 24.5. The van der Waals surface area contributed by atoms with Crippen LogP contribution in [0, 0.1) is 17.1 Å². The molecule has 0 unspecified atom stereocenters. The molecule has 2 N–H and O–H groups in total. The van der Waals surface area contributed by atoms with Crippen LogP contribution in [0.15, 0.2) is 47.4 Å². The molecule has 34 heavy (non-hydrogen) atoms. The van der Waals surface area contributed by atoms with Crippen LogP contribution < -0.4 is 5.14 Å². The number of benzene rings is 2. The van der Waals surface area contributed by atoms with Gasteiger partial charge in [0.2, 0.25) is 10.0 Å². The van der Waals surface area contributed by atoms with E-state index in [1.807, 2.05) is 0 Å². The van der Waals surface area contributed by atoms with Crippen LogP contribution in [0.5, 0.6) is 0 Å². The molecular formula is C24H21ClFN3O3S2. The van der Waals surface area contributed by atoms with Crippen LogP contribution in [-0.2, 0) is 47.2 Å². The summed E-state index contributed by atoms with van der Waals surface area (Å²) in [6, 6.07) is 12.5. The third-order valence-corrected chi connectivity index (χ3v) is 8.24. The van der Waals surface area contributed by atoms with Crippen LogP contribution in [0.3, 0.4) is 0 Å². The van der Waals surface area contributed by atoms with Crippen molar-refractivity contribution in [1.29, 1.82) is 5.26 Å². The number of nitrogens with zero attached hydrogens (tertiary/aromatic N) is 2. The van der Waals surface area contributed by atoms with Gasteiger partial charge in [0.05, 0.1) is 10.5 Å². The fraction of sp³-hybridized carbons (Fsp3) is 0.250. The standard InChI is InChI=1S/C24H21ClFN3O3S2/c25-22-10-17(26)4-3-16(22)13-29-8-7-20-21(12-27)23(33-24(20)14-29)11-18(30)9-15-1-5-19(6-2-15)34(28,31)32/h1-6,10H,7-9,11,13-14H2,(H2,28,31,32). The summed E-state index contributed by atoms with van der Waals surface area (Å²) in [6.45, 7) is 1.93. The maximum absolute atomic E-state index is 13.3. The largest absolute Gasteiger partial charge is 0.299 e. The number of carbonyl (C=O) groups is 1. The van der Waals surface area contributed by atoms with Gasteiger partial charge in [0.1, 0.15) is 17.7 Å². The van der Waals surface area contributed by atoms with E-state index in [9.17, 15) is 22.9 Å². The van der Waals surface area contributed by atoms with E-state index >= 15 is 0 Å². The highest BCUT2D eigenvalue weighted by Crippen LogP contribution is 2.34. The first-order valence-corrected chi connectivity index (χ1v) is 13.2. The molecule has 1 aromatic heterocycles. The summed E-state index contributed by atoms with van der Waals surface area (Å²) in [6.07, 6.45) is 0.964. The number of nitriles is 1. The summed E-state index contributed by atoms with van der Waals surface area (Å²) >= 11 is 7.65. The van der Waals surface area contributed by atoms with Gasteiger partial charge in [-0.2, -0.15) is 5.26 Å². The summed E-state index contributed by atoms with van der Waals surface area (Å²) in [5.74, 6) is -0.435. The van der Waals surface area contributed by atoms with E-state index in [4.69, 9.17) is 16.7 Å². The molecule has 0 aliphatic carbocycles. The van der Waals surface area contributed by atoms with E-state index in [2.05, 4.69) is 11.0 Å². The summed E-state index contributed by atoms with van der Waals surface area (Å²) < 4.78 is 36.1. The second-order valence-corrected chi connectivity index (χ2v) is 11.3. The second-order valence-electron chi connectivity index (χ2n) is 8.19. The Hall–Kier alpha value is -2.61. The van der Waals surface area contributed by atoms with Crippen LogP contribution in [-0.4, -0.2) is 25.6 Å². The summed E-state index contributed by atoms with van der Waals surface area (Å²) in [4.78, 5) is 16.7. The number of nitrogens with two attached hydrogens (primary N) is 1. The van der Waals surface area contributed by atoms with Crippen molar-refractivity contribution in [2.75, 3.05) is 6.54 Å². The van der Waals surface area contributed by atoms with Crippen molar-refractivity contribution >= 4 is 38.7 Å². The van der Waals surface area contributed by atoms with Gasteiger partial charge in [-0.15, -0.1) is 11.3 Å². The van der Waals surface area contributed by atoms with E-state index in [0.29, 0.717) is 35.7 Å². The predicted molar refractivity (Wildman–Crippen MR) is 128 cm³/mol. The van der Waals surface area contributed by atoms with Gasteiger partial charge in [0.15, 0.2) is 0 Å². The van der Waals surface area contributed by atoms with E-state index < -0.39 is 10.0 Å². The number of sulfonamides is 1. The zero-order valence-electron chi connectivity index (χ0n) is 18.1. The van der Waals surface area contributed by atoms with Gasteiger partial charge in [-0.25, -0.2) is 17.9 Å². The number of rotatable bonds is 7. The number of halogens is 2. The Labute approximate surface area is 206 Å². The first-order chi connectivity index (χ1) is 16.1. The van der Waals surface area contributed by atoms with Gasteiger partial charge in [0, 0.05) is 47.3 Å². The summed E-state index contributed by atoms with van der Waals surface area (Å²) in [5.41, 5.74) is 3.10. The molecule has 0 spiro atoms. The lowest BCUT2D eigenvalue weighted by Gasteiger charge is -2.27. The minimum atomic E-state index is -3.78. The Morgan fingerprint density at radius 3 is 2.59 bits per heavy atom. The first-order valence-electron chi connectivity index (χ1n) is 10.5. The molecule has 0 bridgehead atoms. The number of primary sulfonamides is 1. The fourth-order valence-corrected chi connectivity index (χ4v) is 6.18.